The zero-order valence-corrected chi connectivity index (χ0v) is 56.8. The van der Waals surface area contributed by atoms with Crippen LogP contribution in [0.3, 0.4) is 0 Å². The predicted octanol–water partition coefficient (Wildman–Crippen LogP) is 27.2. The van der Waals surface area contributed by atoms with E-state index in [9.17, 15) is 0 Å². The molecule has 0 saturated carbocycles. The molecule has 0 aliphatic rings. The van der Waals surface area contributed by atoms with Gasteiger partial charge in [0, 0.05) is 0 Å². The molecule has 0 fully saturated rings. The van der Waals surface area contributed by atoms with Gasteiger partial charge in [0.05, 0.1) is 6.61 Å². The summed E-state index contributed by atoms with van der Waals surface area (Å²) in [6.45, 7) is -0.433. The minimum atomic E-state index is -1.49. The smallest absolute Gasteiger partial charge is 0.213 e. The standard InChI is InChI=1S/C2H3Cl3O.13CHCl3/c3-2(4,5)1-6;13*2-1(3)4/h6H,1H2;13*1H. The number of aliphatic hydroxyl groups excluding tert-OH is 1. The van der Waals surface area contributed by atoms with Crippen LogP contribution in [0.15, 0.2) is 0 Å². The Bertz CT molecular complexity index is 347. The van der Waals surface area contributed by atoms with E-state index in [1.54, 1.807) is 0 Å². The first-order valence-electron chi connectivity index (χ1n) is 9.75. The maximum absolute atomic E-state index is 8.01. The maximum Gasteiger partial charge on any atom is 0.213 e. The number of hydrogen-bond donors (Lipinski definition) is 1. The molecule has 0 aromatic carbocycles. The van der Waals surface area contributed by atoms with Crippen molar-refractivity contribution < 1.29 is 5.11 Å². The van der Waals surface area contributed by atoms with Crippen molar-refractivity contribution in [1.82, 2.24) is 0 Å². The highest BCUT2D eigenvalue weighted by Gasteiger charge is 2.16. The van der Waals surface area contributed by atoms with Gasteiger partial charge in [-0.15, -0.1) is 0 Å². The zero-order valence-electron chi connectivity index (χ0n) is 25.0. The van der Waals surface area contributed by atoms with Gasteiger partial charge < -0.3 is 5.11 Å². The van der Waals surface area contributed by atoms with Gasteiger partial charge >= 0.3 is 0 Å². The topological polar surface area (TPSA) is 20.2 Å². The van der Waals surface area contributed by atoms with Crippen LogP contribution in [0.4, 0.5) is 0 Å². The Morgan fingerprint density at radius 2 is 0.207 bits per heavy atom. The normalized spacial score (nSPS) is 9.31. The van der Waals surface area contributed by atoms with Crippen LogP contribution in [-0.2, 0) is 0 Å². The molecule has 0 heterocycles. The van der Waals surface area contributed by atoms with Crippen molar-refractivity contribution >= 4 is 487 Å². The Morgan fingerprint density at radius 3 is 0.207 bits per heavy atom. The van der Waals surface area contributed by atoms with E-state index in [1.807, 2.05) is 0 Å². The van der Waals surface area contributed by atoms with Crippen molar-refractivity contribution in [2.45, 2.75) is 59.6 Å². The van der Waals surface area contributed by atoms with E-state index < -0.39 is 66.2 Å². The van der Waals surface area contributed by atoms with E-state index in [2.05, 4.69) is 0 Å². The molecule has 58 heavy (non-hydrogen) atoms. The van der Waals surface area contributed by atoms with Crippen LogP contribution in [0.5, 0.6) is 0 Å². The molecule has 0 rings (SSSR count). The summed E-state index contributed by atoms with van der Waals surface area (Å²) in [6.07, 6.45) is 0. The summed E-state index contributed by atoms with van der Waals surface area (Å²) in [5.41, 5.74) is 0. The minimum absolute atomic E-state index is 0.433. The van der Waals surface area contributed by atoms with Crippen LogP contribution in [0, 0.1) is 0 Å². The lowest BCUT2D eigenvalue weighted by molar-refractivity contribution is 0.303. The van der Waals surface area contributed by atoms with Gasteiger partial charge in [-0.1, -0.05) is 487 Å². The van der Waals surface area contributed by atoms with Crippen molar-refractivity contribution in [1.29, 1.82) is 0 Å². The predicted molar refractivity (Wildman–Crippen MR) is 305 cm³/mol. The fourth-order valence-electron chi connectivity index (χ4n) is 0. The van der Waals surface area contributed by atoms with Gasteiger partial charge in [-0.3, -0.25) is 0 Å². The number of aliphatic hydroxyl groups is 1. The first-order valence-corrected chi connectivity index (χ1v) is 27.9. The molecule has 43 heteroatoms. The van der Waals surface area contributed by atoms with E-state index in [-0.39, 0.29) is 0 Å². The van der Waals surface area contributed by atoms with E-state index in [0.717, 1.165) is 0 Å². The molecule has 1 N–H and O–H groups in total. The first-order chi connectivity index (χ1) is 25.1. The fourth-order valence-corrected chi connectivity index (χ4v) is 0. The second kappa shape index (κ2) is 95.0. The lowest BCUT2D eigenvalue weighted by atomic mass is 10.9. The summed E-state index contributed by atoms with van der Waals surface area (Å²) < 4.78 is -11.2. The lowest BCUT2D eigenvalue weighted by Crippen LogP contribution is -2.06. The average molecular weight is 1700 g/mol. The highest BCUT2D eigenvalue weighted by Crippen LogP contribution is 2.24. The third kappa shape index (κ3) is 1340. The summed E-state index contributed by atoms with van der Waals surface area (Å²) in [5.74, 6) is 0. The van der Waals surface area contributed by atoms with Gasteiger partial charge in [-0.2, -0.15) is 0 Å². The van der Waals surface area contributed by atoms with Gasteiger partial charge in [0.2, 0.25) is 3.79 Å². The molecule has 0 atom stereocenters. The van der Waals surface area contributed by atoms with Crippen molar-refractivity contribution in [2.24, 2.45) is 0 Å². The van der Waals surface area contributed by atoms with Crippen LogP contribution < -0.4 is 0 Å². The molecule has 0 aliphatic heterocycles. The van der Waals surface area contributed by atoms with E-state index in [0.29, 0.717) is 0 Å². The highest BCUT2D eigenvalue weighted by molar-refractivity contribution is 6.69. The third-order valence-corrected chi connectivity index (χ3v) is 0.538. The third-order valence-electron chi connectivity index (χ3n) is 0.179. The molecule has 376 valence electrons. The van der Waals surface area contributed by atoms with Crippen molar-refractivity contribution in [2.75, 3.05) is 6.61 Å². The summed E-state index contributed by atoms with van der Waals surface area (Å²) >= 11 is 202. The molecule has 0 spiro atoms. The maximum atomic E-state index is 8.01. The molecule has 0 amide bonds. The van der Waals surface area contributed by atoms with Gasteiger partial charge in [0.15, 0.2) is 55.8 Å². The molecular formula is C15H16Cl42O. The van der Waals surface area contributed by atoms with Crippen molar-refractivity contribution in [3.63, 3.8) is 0 Å². The number of hydrogen-bond acceptors (Lipinski definition) is 1. The molecule has 0 unspecified atom stereocenters. The second-order valence-corrected chi connectivity index (χ2v) is 32.2. The highest BCUT2D eigenvalue weighted by atomic mass is 35.6. The van der Waals surface area contributed by atoms with Crippen LogP contribution in [0.1, 0.15) is 0 Å². The lowest BCUT2D eigenvalue weighted by Gasteiger charge is -2.01. The minimum Gasteiger partial charge on any atom is -0.392 e. The first kappa shape index (κ1) is 106. The Hall–Kier alpha value is 12.1. The SMILES string of the molecule is ClC(Cl)Cl.ClC(Cl)Cl.ClC(Cl)Cl.ClC(Cl)Cl.ClC(Cl)Cl.ClC(Cl)Cl.ClC(Cl)Cl.ClC(Cl)Cl.ClC(Cl)Cl.ClC(Cl)Cl.ClC(Cl)Cl.ClC(Cl)Cl.ClC(Cl)Cl.OCC(Cl)(Cl)Cl. The van der Waals surface area contributed by atoms with E-state index in [4.69, 9.17) is 492 Å². The quantitative estimate of drug-likeness (QED) is 0.240. The molecule has 0 aromatic rings. The van der Waals surface area contributed by atoms with Crippen LogP contribution in [0.25, 0.3) is 0 Å². The monoisotopic (exact) mass is 1680 g/mol. The number of rotatable bonds is 0. The zero-order chi connectivity index (χ0) is 51.7. The average Bonchev–Trinajstić information content (AvgIpc) is 2.79. The van der Waals surface area contributed by atoms with Crippen molar-refractivity contribution in [3.8, 4) is 0 Å². The van der Waals surface area contributed by atoms with Gasteiger partial charge in [0.1, 0.15) is 0 Å². The molecule has 0 aliphatic carbocycles. The molecule has 0 bridgehead atoms. The second-order valence-electron chi connectivity index (χ2n) is 3.99. The van der Waals surface area contributed by atoms with E-state index >= 15 is 0 Å². The van der Waals surface area contributed by atoms with Gasteiger partial charge in [0.25, 0.3) is 0 Å². The Kier molecular flexibility index (Phi) is 174. The van der Waals surface area contributed by atoms with Gasteiger partial charge in [-0.05, 0) is 0 Å². The molecule has 0 aromatic heterocycles. The Labute approximate surface area is 548 Å². The van der Waals surface area contributed by atoms with Crippen LogP contribution in [-0.4, -0.2) is 71.3 Å². The fraction of sp³-hybridized carbons (Fsp3) is 1.00. The molecule has 0 radical (unpaired) electrons. The van der Waals surface area contributed by atoms with E-state index in [1.165, 1.54) is 0 Å². The molecule has 0 saturated heterocycles. The Morgan fingerprint density at radius 1 is 0.190 bits per heavy atom. The van der Waals surface area contributed by atoms with Crippen LogP contribution >= 0.6 is 487 Å². The summed E-state index contributed by atoms with van der Waals surface area (Å²) in [4.78, 5) is 0. The van der Waals surface area contributed by atoms with Crippen LogP contribution in [0.2, 0.25) is 0 Å². The summed E-state index contributed by atoms with van der Waals surface area (Å²) in [6, 6.07) is 0. The number of halogens is 42. The Balaban J connectivity index is -0.0000000300. The summed E-state index contributed by atoms with van der Waals surface area (Å²) in [5, 5.41) is 8.01. The number of alkyl halides is 42. The summed E-state index contributed by atoms with van der Waals surface area (Å²) in [7, 11) is 0. The molecule has 1 nitrogen and oxygen atoms in total. The van der Waals surface area contributed by atoms with Gasteiger partial charge in [-0.25, -0.2) is 0 Å². The molecular weight excluding hydrogens is 1690 g/mol. The largest absolute Gasteiger partial charge is 0.392 e. The van der Waals surface area contributed by atoms with Crippen molar-refractivity contribution in [3.05, 3.63) is 0 Å².